The van der Waals surface area contributed by atoms with E-state index in [1.165, 1.54) is 69.1 Å². The molecular weight excluding hydrogens is 554 g/mol. The Morgan fingerprint density at radius 2 is 0.909 bits per heavy atom. The fourth-order valence-corrected chi connectivity index (χ4v) is 4.54. The second-order valence-electron chi connectivity index (χ2n) is 12.7. The molecule has 0 N–H and O–H groups in total. The molecule has 0 aromatic rings. The van der Waals surface area contributed by atoms with Crippen LogP contribution in [-0.4, -0.2) is 54.8 Å². The number of unbranched alkanes of at least 4 members (excludes halogenated alkanes) is 14. The topological polar surface area (TPSA) is 82.1 Å². The average Bonchev–Trinajstić information content (AvgIpc) is 2.97. The van der Waals surface area contributed by atoms with Crippen molar-refractivity contribution < 1.29 is 28.6 Å². The third kappa shape index (κ3) is 29.7. The van der Waals surface area contributed by atoms with E-state index < -0.39 is 11.7 Å². The van der Waals surface area contributed by atoms with E-state index in [9.17, 15) is 14.4 Å². The Hall–Kier alpha value is -2.31. The Morgan fingerprint density at radius 3 is 1.30 bits per heavy atom. The van der Waals surface area contributed by atoms with Crippen molar-refractivity contribution in [3.05, 3.63) is 24.3 Å². The first-order chi connectivity index (χ1) is 21.2. The van der Waals surface area contributed by atoms with E-state index >= 15 is 0 Å². The summed E-state index contributed by atoms with van der Waals surface area (Å²) in [7, 11) is 0. The maximum Gasteiger partial charge on any atom is 0.410 e. The zero-order valence-electron chi connectivity index (χ0n) is 29.2. The van der Waals surface area contributed by atoms with Crippen LogP contribution >= 0.6 is 0 Å². The summed E-state index contributed by atoms with van der Waals surface area (Å²) in [4.78, 5) is 38.5. The highest BCUT2D eigenvalue weighted by atomic mass is 16.6. The molecule has 0 aliphatic heterocycles. The Bertz CT molecular complexity index is 720. The number of nitrogens with zero attached hydrogens (tertiary/aromatic N) is 1. The minimum atomic E-state index is -0.653. The van der Waals surface area contributed by atoms with E-state index in [0.29, 0.717) is 12.8 Å². The van der Waals surface area contributed by atoms with Gasteiger partial charge in [0.1, 0.15) is 18.8 Å². The number of ether oxygens (including phenoxy) is 3. The number of allylic oxidation sites excluding steroid dienone is 4. The Morgan fingerprint density at radius 1 is 0.545 bits per heavy atom. The van der Waals surface area contributed by atoms with Gasteiger partial charge in [0.25, 0.3) is 0 Å². The molecule has 44 heavy (non-hydrogen) atoms. The molecule has 0 aromatic heterocycles. The van der Waals surface area contributed by atoms with E-state index in [2.05, 4.69) is 38.2 Å². The molecule has 0 rings (SSSR count). The standard InChI is InChI=1S/C37H67NO6/c1-6-8-10-12-14-16-18-20-22-24-26-28-34(39)42-32-30-38(36(41)44-37(3,4)5)31-33-43-35(40)29-27-25-23-21-19-17-15-13-11-9-7-2/h12-15H,6-11,16-33H2,1-5H3. The van der Waals surface area contributed by atoms with E-state index in [1.807, 2.05) is 0 Å². The fraction of sp³-hybridized carbons (Fsp3) is 0.811. The molecule has 0 radical (unpaired) electrons. The van der Waals surface area contributed by atoms with Crippen molar-refractivity contribution in [2.24, 2.45) is 0 Å². The van der Waals surface area contributed by atoms with Crippen LogP contribution < -0.4 is 0 Å². The Kier molecular flexibility index (Phi) is 27.9. The van der Waals surface area contributed by atoms with Gasteiger partial charge < -0.3 is 19.1 Å². The molecule has 0 bridgehead atoms. The van der Waals surface area contributed by atoms with Gasteiger partial charge in [-0.25, -0.2) is 4.79 Å². The average molecular weight is 622 g/mol. The minimum absolute atomic E-state index is 0.0882. The molecule has 0 heterocycles. The van der Waals surface area contributed by atoms with Gasteiger partial charge in [0, 0.05) is 12.8 Å². The molecule has 0 atom stereocenters. The van der Waals surface area contributed by atoms with Gasteiger partial charge in [0.2, 0.25) is 0 Å². The monoisotopic (exact) mass is 621 g/mol. The van der Waals surface area contributed by atoms with Gasteiger partial charge >= 0.3 is 18.0 Å². The largest absolute Gasteiger partial charge is 0.464 e. The summed E-state index contributed by atoms with van der Waals surface area (Å²) in [5.41, 5.74) is -0.653. The number of rotatable bonds is 28. The smallest absolute Gasteiger partial charge is 0.410 e. The quantitative estimate of drug-likeness (QED) is 0.0374. The summed E-state index contributed by atoms with van der Waals surface area (Å²) in [5.74, 6) is -0.495. The number of esters is 2. The predicted octanol–water partition coefficient (Wildman–Crippen LogP) is 10.3. The van der Waals surface area contributed by atoms with Crippen molar-refractivity contribution in [2.75, 3.05) is 26.3 Å². The lowest BCUT2D eigenvalue weighted by Crippen LogP contribution is -2.41. The molecule has 0 aliphatic rings. The third-order valence-corrected chi connectivity index (χ3v) is 7.19. The van der Waals surface area contributed by atoms with Crippen molar-refractivity contribution in [3.63, 3.8) is 0 Å². The van der Waals surface area contributed by atoms with Crippen LogP contribution in [0, 0.1) is 0 Å². The molecular formula is C37H67NO6. The van der Waals surface area contributed by atoms with Gasteiger partial charge in [-0.05, 0) is 72.1 Å². The molecule has 7 nitrogen and oxygen atoms in total. The molecule has 7 heteroatoms. The lowest BCUT2D eigenvalue weighted by Gasteiger charge is -2.27. The lowest BCUT2D eigenvalue weighted by molar-refractivity contribution is -0.144. The van der Waals surface area contributed by atoms with Crippen LogP contribution in [0.4, 0.5) is 4.79 Å². The number of amides is 1. The molecule has 0 unspecified atom stereocenters. The van der Waals surface area contributed by atoms with Crippen molar-refractivity contribution in [1.29, 1.82) is 0 Å². The van der Waals surface area contributed by atoms with Crippen molar-refractivity contribution in [1.82, 2.24) is 4.90 Å². The molecule has 0 fully saturated rings. The first kappa shape index (κ1) is 41.7. The number of hydrogen-bond acceptors (Lipinski definition) is 6. The minimum Gasteiger partial charge on any atom is -0.464 e. The fourth-order valence-electron chi connectivity index (χ4n) is 4.54. The summed E-state index contributed by atoms with van der Waals surface area (Å²) in [6.07, 6.45) is 29.7. The third-order valence-electron chi connectivity index (χ3n) is 7.19. The van der Waals surface area contributed by atoms with Gasteiger partial charge in [-0.15, -0.1) is 0 Å². The van der Waals surface area contributed by atoms with Crippen molar-refractivity contribution >= 4 is 18.0 Å². The highest BCUT2D eigenvalue weighted by Crippen LogP contribution is 2.12. The van der Waals surface area contributed by atoms with E-state index in [4.69, 9.17) is 14.2 Å². The molecule has 0 aromatic carbocycles. The first-order valence-corrected chi connectivity index (χ1v) is 17.8. The van der Waals surface area contributed by atoms with Gasteiger partial charge in [-0.1, -0.05) is 102 Å². The van der Waals surface area contributed by atoms with Crippen LogP contribution in [0.5, 0.6) is 0 Å². The number of carbonyl (C=O) groups excluding carboxylic acids is 3. The maximum absolute atomic E-state index is 12.7. The maximum atomic E-state index is 12.7. The summed E-state index contributed by atoms with van der Waals surface area (Å²) in [6, 6.07) is 0. The lowest BCUT2D eigenvalue weighted by atomic mass is 10.1. The van der Waals surface area contributed by atoms with Gasteiger partial charge in [-0.2, -0.15) is 0 Å². The van der Waals surface area contributed by atoms with Crippen LogP contribution in [-0.2, 0) is 23.8 Å². The zero-order valence-corrected chi connectivity index (χ0v) is 29.2. The predicted molar refractivity (Wildman–Crippen MR) is 182 cm³/mol. The summed E-state index contributed by atoms with van der Waals surface area (Å²) >= 11 is 0. The van der Waals surface area contributed by atoms with Crippen LogP contribution in [0.3, 0.4) is 0 Å². The van der Waals surface area contributed by atoms with Crippen LogP contribution in [0.25, 0.3) is 0 Å². The van der Waals surface area contributed by atoms with Crippen LogP contribution in [0.15, 0.2) is 24.3 Å². The highest BCUT2D eigenvalue weighted by molar-refractivity contribution is 5.70. The highest BCUT2D eigenvalue weighted by Gasteiger charge is 2.22. The SMILES string of the molecule is CCCCC=CCCCCCCCC(=O)OCCN(CCOC(=O)CCCCCCCC=CCCCC)C(=O)OC(C)(C)C. The molecule has 0 saturated carbocycles. The van der Waals surface area contributed by atoms with Gasteiger partial charge in [0.05, 0.1) is 13.1 Å². The van der Waals surface area contributed by atoms with Gasteiger partial charge in [0.15, 0.2) is 0 Å². The van der Waals surface area contributed by atoms with Crippen molar-refractivity contribution in [3.8, 4) is 0 Å². The van der Waals surface area contributed by atoms with Crippen LogP contribution in [0.2, 0.25) is 0 Å². The number of carbonyl (C=O) groups is 3. The zero-order chi connectivity index (χ0) is 32.7. The Labute approximate surface area is 270 Å². The first-order valence-electron chi connectivity index (χ1n) is 17.8. The molecule has 256 valence electrons. The molecule has 0 spiro atoms. The molecule has 1 amide bonds. The van der Waals surface area contributed by atoms with Gasteiger partial charge in [-0.3, -0.25) is 9.59 Å². The molecule has 0 saturated heterocycles. The summed E-state index contributed by atoms with van der Waals surface area (Å²) in [5, 5.41) is 0. The summed E-state index contributed by atoms with van der Waals surface area (Å²) in [6.45, 7) is 10.4. The normalized spacial score (nSPS) is 11.8. The van der Waals surface area contributed by atoms with E-state index in [0.717, 1.165) is 51.4 Å². The van der Waals surface area contributed by atoms with E-state index in [-0.39, 0.29) is 38.2 Å². The van der Waals surface area contributed by atoms with E-state index in [1.54, 1.807) is 20.8 Å². The Balaban J connectivity index is 4.13. The number of hydrogen-bond donors (Lipinski definition) is 0. The van der Waals surface area contributed by atoms with Crippen molar-refractivity contribution in [2.45, 2.75) is 169 Å². The molecule has 0 aliphatic carbocycles. The second kappa shape index (κ2) is 29.4. The van der Waals surface area contributed by atoms with Crippen LogP contribution in [0.1, 0.15) is 163 Å². The second-order valence-corrected chi connectivity index (χ2v) is 12.7. The summed E-state index contributed by atoms with van der Waals surface area (Å²) < 4.78 is 16.3.